The molecule has 0 atom stereocenters. The second-order valence-electron chi connectivity index (χ2n) is 8.69. The summed E-state index contributed by atoms with van der Waals surface area (Å²) in [6.07, 6.45) is 0. The Balaban J connectivity index is 1.73. The molecule has 0 saturated heterocycles. The van der Waals surface area contributed by atoms with E-state index in [1.165, 1.54) is 33.3 Å². The summed E-state index contributed by atoms with van der Waals surface area (Å²) in [6.45, 7) is 3.47. The van der Waals surface area contributed by atoms with Crippen LogP contribution in [0.4, 0.5) is 5.69 Å². The molecule has 4 aromatic rings. The topological polar surface area (TPSA) is 142 Å². The predicted molar refractivity (Wildman–Crippen MR) is 141 cm³/mol. The molecule has 38 heavy (non-hydrogen) atoms. The molecule has 0 spiro atoms. The van der Waals surface area contributed by atoms with Gasteiger partial charge in [0, 0.05) is 11.1 Å². The average molecular weight is 553 g/mol. The number of para-hydroxylation sites is 1. The van der Waals surface area contributed by atoms with E-state index in [1.807, 2.05) is 6.92 Å². The van der Waals surface area contributed by atoms with E-state index in [0.29, 0.717) is 28.2 Å². The Morgan fingerprint density at radius 2 is 1.58 bits per heavy atom. The van der Waals surface area contributed by atoms with Crippen molar-refractivity contribution in [1.29, 1.82) is 0 Å². The summed E-state index contributed by atoms with van der Waals surface area (Å²) in [7, 11) is -7.92. The second-order valence-corrected chi connectivity index (χ2v) is 12.1. The van der Waals surface area contributed by atoms with Crippen LogP contribution in [0.25, 0.3) is 16.9 Å². The van der Waals surface area contributed by atoms with Gasteiger partial charge in [0.05, 0.1) is 40.0 Å². The summed E-state index contributed by atoms with van der Waals surface area (Å²) in [5, 5.41) is 9.75. The molecule has 196 valence electrons. The van der Waals surface area contributed by atoms with Crippen LogP contribution in [0.1, 0.15) is 28.5 Å². The summed E-state index contributed by atoms with van der Waals surface area (Å²) >= 11 is 0. The number of anilines is 1. The van der Waals surface area contributed by atoms with E-state index < -0.39 is 26.0 Å². The molecule has 0 saturated carbocycles. The zero-order chi connectivity index (χ0) is 27.2. The highest BCUT2D eigenvalue weighted by Gasteiger charge is 2.37. The molecule has 0 amide bonds. The number of carbonyl (C=O) groups is 1. The third kappa shape index (κ3) is 4.36. The number of sulfonamides is 2. The highest BCUT2D eigenvalue weighted by Crippen LogP contribution is 2.43. The Labute approximate surface area is 220 Å². The minimum atomic E-state index is -4.00. The lowest BCUT2D eigenvalue weighted by molar-refractivity contribution is 0.0517. The maximum atomic E-state index is 13.8. The lowest BCUT2D eigenvalue weighted by Gasteiger charge is -2.31. The summed E-state index contributed by atoms with van der Waals surface area (Å²) in [4.78, 5) is 13.0. The van der Waals surface area contributed by atoms with Crippen LogP contribution in [0.2, 0.25) is 0 Å². The zero-order valence-electron chi connectivity index (χ0n) is 20.5. The van der Waals surface area contributed by atoms with Gasteiger partial charge in [0.1, 0.15) is 0 Å². The Bertz CT molecular complexity index is 1760. The van der Waals surface area contributed by atoms with E-state index in [2.05, 4.69) is 5.10 Å². The number of primary sulfonamides is 1. The van der Waals surface area contributed by atoms with Crippen molar-refractivity contribution in [2.75, 3.05) is 10.9 Å². The molecule has 1 aromatic heterocycles. The Morgan fingerprint density at radius 1 is 0.947 bits per heavy atom. The fraction of sp³-hybridized carbons (Fsp3) is 0.154. The van der Waals surface area contributed by atoms with Crippen molar-refractivity contribution in [2.24, 2.45) is 5.14 Å². The highest BCUT2D eigenvalue weighted by molar-refractivity contribution is 7.92. The van der Waals surface area contributed by atoms with Gasteiger partial charge in [0.25, 0.3) is 10.0 Å². The first kappa shape index (κ1) is 25.6. The fourth-order valence-electron chi connectivity index (χ4n) is 4.38. The molecule has 1 aliphatic rings. The van der Waals surface area contributed by atoms with Crippen LogP contribution < -0.4 is 9.44 Å². The Morgan fingerprint density at radius 3 is 2.21 bits per heavy atom. The van der Waals surface area contributed by atoms with Gasteiger partial charge in [0.2, 0.25) is 10.0 Å². The van der Waals surface area contributed by atoms with Gasteiger partial charge in [-0.3, -0.25) is 4.31 Å². The third-order valence-electron chi connectivity index (χ3n) is 6.20. The van der Waals surface area contributed by atoms with Crippen molar-refractivity contribution in [1.82, 2.24) is 9.78 Å². The molecular formula is C26H24N4O6S2. The smallest absolute Gasteiger partial charge is 0.359 e. The van der Waals surface area contributed by atoms with Crippen molar-refractivity contribution in [3.63, 3.8) is 0 Å². The molecular weight excluding hydrogens is 528 g/mol. The summed E-state index contributed by atoms with van der Waals surface area (Å²) in [5.41, 5.74) is 3.16. The van der Waals surface area contributed by atoms with Crippen LogP contribution in [-0.2, 0) is 31.3 Å². The molecule has 2 heterocycles. The zero-order valence-corrected chi connectivity index (χ0v) is 22.2. The van der Waals surface area contributed by atoms with Crippen LogP contribution in [-0.4, -0.2) is 39.2 Å². The maximum absolute atomic E-state index is 13.8. The monoisotopic (exact) mass is 552 g/mol. The molecule has 10 nitrogen and oxygen atoms in total. The van der Waals surface area contributed by atoms with Crippen LogP contribution >= 0.6 is 0 Å². The number of rotatable bonds is 6. The molecule has 0 unspecified atom stereocenters. The number of hydrogen-bond acceptors (Lipinski definition) is 7. The van der Waals surface area contributed by atoms with Gasteiger partial charge in [-0.05, 0) is 56.3 Å². The van der Waals surface area contributed by atoms with E-state index in [1.54, 1.807) is 55.5 Å². The number of ether oxygens (including phenoxy) is 1. The minimum Gasteiger partial charge on any atom is -0.461 e. The van der Waals surface area contributed by atoms with E-state index in [9.17, 15) is 21.6 Å². The van der Waals surface area contributed by atoms with Gasteiger partial charge in [-0.15, -0.1) is 0 Å². The number of nitrogens with zero attached hydrogens (tertiary/aromatic N) is 3. The van der Waals surface area contributed by atoms with Gasteiger partial charge in [0.15, 0.2) is 5.69 Å². The first-order valence-corrected chi connectivity index (χ1v) is 14.6. The van der Waals surface area contributed by atoms with E-state index in [-0.39, 0.29) is 28.6 Å². The average Bonchev–Trinajstić information content (AvgIpc) is 3.28. The standard InChI is InChI=1S/C26H24N4O6S2/c1-3-36-26(31)24-22-16-29(38(34,35)20-12-8-17(2)9-13-20)23-7-5-4-6-21(23)25(22)30(28-24)18-10-14-19(15-11-18)37(27,32)33/h4-15H,3,16H2,1-2H3,(H2,27,32,33). The molecule has 0 bridgehead atoms. The number of hydrogen-bond donors (Lipinski definition) is 1. The Hall–Kier alpha value is -4.00. The quantitative estimate of drug-likeness (QED) is 0.361. The number of fused-ring (bicyclic) bond motifs is 3. The number of nitrogens with two attached hydrogens (primary N) is 1. The lowest BCUT2D eigenvalue weighted by atomic mass is 9.99. The molecule has 2 N–H and O–H groups in total. The number of carbonyl (C=O) groups excluding carboxylic acids is 1. The van der Waals surface area contributed by atoms with Crippen molar-refractivity contribution >= 4 is 31.7 Å². The first-order chi connectivity index (χ1) is 18.0. The summed E-state index contributed by atoms with van der Waals surface area (Å²) in [6, 6.07) is 19.2. The normalized spacial score (nSPS) is 13.1. The molecule has 0 radical (unpaired) electrons. The van der Waals surface area contributed by atoms with Crippen LogP contribution in [0.3, 0.4) is 0 Å². The second kappa shape index (κ2) is 9.39. The highest BCUT2D eigenvalue weighted by atomic mass is 32.2. The third-order valence-corrected chi connectivity index (χ3v) is 8.90. The van der Waals surface area contributed by atoms with Gasteiger partial charge in [-0.2, -0.15) is 5.10 Å². The predicted octanol–water partition coefficient (Wildman–Crippen LogP) is 3.38. The minimum absolute atomic E-state index is 0.0315. The molecule has 3 aromatic carbocycles. The lowest BCUT2D eigenvalue weighted by Crippen LogP contribution is -2.34. The number of aromatic nitrogens is 2. The molecule has 0 aliphatic carbocycles. The van der Waals surface area contributed by atoms with E-state index in [0.717, 1.165) is 5.56 Å². The van der Waals surface area contributed by atoms with Crippen LogP contribution in [0.5, 0.6) is 0 Å². The molecule has 12 heteroatoms. The summed E-state index contributed by atoms with van der Waals surface area (Å²) < 4.78 is 59.1. The van der Waals surface area contributed by atoms with Gasteiger partial charge in [-0.1, -0.05) is 35.9 Å². The maximum Gasteiger partial charge on any atom is 0.359 e. The van der Waals surface area contributed by atoms with Crippen LogP contribution in [0.15, 0.2) is 82.6 Å². The largest absolute Gasteiger partial charge is 0.461 e. The number of aryl methyl sites for hydroxylation is 1. The number of benzene rings is 3. The van der Waals surface area contributed by atoms with Gasteiger partial charge >= 0.3 is 5.97 Å². The summed E-state index contributed by atoms with van der Waals surface area (Å²) in [5.74, 6) is -0.698. The Kier molecular flexibility index (Phi) is 6.33. The van der Waals surface area contributed by atoms with E-state index in [4.69, 9.17) is 9.88 Å². The van der Waals surface area contributed by atoms with Crippen molar-refractivity contribution in [3.05, 3.63) is 89.6 Å². The molecule has 0 fully saturated rings. The van der Waals surface area contributed by atoms with Crippen LogP contribution in [0, 0.1) is 6.92 Å². The van der Waals surface area contributed by atoms with E-state index >= 15 is 0 Å². The molecule has 1 aliphatic heterocycles. The number of esters is 1. The fourth-order valence-corrected chi connectivity index (χ4v) is 6.34. The van der Waals surface area contributed by atoms with Crippen molar-refractivity contribution in [3.8, 4) is 16.9 Å². The van der Waals surface area contributed by atoms with Gasteiger partial charge in [-0.25, -0.2) is 31.5 Å². The SMILES string of the molecule is CCOC(=O)c1nn(-c2ccc(S(N)(=O)=O)cc2)c2c1CN(S(=O)(=O)c1ccc(C)cc1)c1ccccc1-2. The van der Waals surface area contributed by atoms with Gasteiger partial charge < -0.3 is 4.74 Å². The van der Waals surface area contributed by atoms with Crippen molar-refractivity contribution < 1.29 is 26.4 Å². The molecule has 5 rings (SSSR count). The first-order valence-electron chi connectivity index (χ1n) is 11.6. The van der Waals surface area contributed by atoms with Crippen molar-refractivity contribution in [2.45, 2.75) is 30.2 Å².